The van der Waals surface area contributed by atoms with Crippen molar-refractivity contribution < 1.29 is 18.7 Å². The molecule has 2 heterocycles. The lowest BCUT2D eigenvalue weighted by atomic mass is 9.44. The van der Waals surface area contributed by atoms with Crippen molar-refractivity contribution in [1.29, 1.82) is 0 Å². The van der Waals surface area contributed by atoms with Gasteiger partial charge in [-0.25, -0.2) is 0 Å². The average molecular weight is 328 g/mol. The molecule has 24 heavy (non-hydrogen) atoms. The van der Waals surface area contributed by atoms with Crippen LogP contribution in [0.15, 0.2) is 34.7 Å². The van der Waals surface area contributed by atoms with E-state index in [1.54, 1.807) is 18.6 Å². The molecular formula is C20H24O4. The van der Waals surface area contributed by atoms with Gasteiger partial charge in [0.2, 0.25) is 0 Å². The molecule has 2 fully saturated rings. The Kier molecular flexibility index (Phi) is 3.48. The summed E-state index contributed by atoms with van der Waals surface area (Å²) < 4.78 is 10.9. The van der Waals surface area contributed by atoms with E-state index in [0.717, 1.165) is 36.8 Å². The van der Waals surface area contributed by atoms with Crippen LogP contribution in [-0.2, 0) is 20.7 Å². The van der Waals surface area contributed by atoms with Gasteiger partial charge in [0.15, 0.2) is 5.78 Å². The molecule has 0 radical (unpaired) electrons. The molecule has 1 saturated heterocycles. The van der Waals surface area contributed by atoms with Gasteiger partial charge in [-0.3, -0.25) is 9.59 Å². The minimum atomic E-state index is -0.557. The van der Waals surface area contributed by atoms with Crippen LogP contribution in [0.2, 0.25) is 0 Å². The first-order valence-electron chi connectivity index (χ1n) is 8.89. The highest BCUT2D eigenvalue weighted by Gasteiger charge is 2.65. The van der Waals surface area contributed by atoms with Gasteiger partial charge in [-0.1, -0.05) is 12.5 Å². The van der Waals surface area contributed by atoms with Crippen LogP contribution in [0.4, 0.5) is 0 Å². The molecule has 1 aromatic heterocycles. The predicted octanol–water partition coefficient (Wildman–Crippen LogP) is 3.71. The second-order valence-electron chi connectivity index (χ2n) is 7.89. The maximum absolute atomic E-state index is 13.0. The smallest absolute Gasteiger partial charge is 0.312 e. The lowest BCUT2D eigenvalue weighted by Crippen LogP contribution is -2.63. The molecule has 3 aliphatic rings. The minimum absolute atomic E-state index is 0.0689. The highest BCUT2D eigenvalue weighted by atomic mass is 16.5. The first kappa shape index (κ1) is 15.7. The Balaban J connectivity index is 1.77. The summed E-state index contributed by atoms with van der Waals surface area (Å²) in [5.41, 5.74) is 1.51. The van der Waals surface area contributed by atoms with Crippen molar-refractivity contribution >= 4 is 11.8 Å². The van der Waals surface area contributed by atoms with Crippen LogP contribution in [0.5, 0.6) is 0 Å². The van der Waals surface area contributed by atoms with Gasteiger partial charge in [0.1, 0.15) is 6.61 Å². The summed E-state index contributed by atoms with van der Waals surface area (Å²) in [4.78, 5) is 25.3. The molecule has 0 N–H and O–H groups in total. The fourth-order valence-corrected chi connectivity index (χ4v) is 5.50. The van der Waals surface area contributed by atoms with Gasteiger partial charge in [0.25, 0.3) is 0 Å². The van der Waals surface area contributed by atoms with Gasteiger partial charge in [-0.05, 0) is 62.1 Å². The summed E-state index contributed by atoms with van der Waals surface area (Å²) in [5, 5.41) is 0. The van der Waals surface area contributed by atoms with Crippen LogP contribution in [0.1, 0.15) is 45.1 Å². The maximum Gasteiger partial charge on any atom is 0.312 e. The number of esters is 1. The van der Waals surface area contributed by atoms with E-state index in [1.165, 1.54) is 0 Å². The van der Waals surface area contributed by atoms with Crippen molar-refractivity contribution in [3.8, 4) is 0 Å². The number of ketones is 1. The monoisotopic (exact) mass is 328 g/mol. The Labute approximate surface area is 142 Å². The Morgan fingerprint density at radius 3 is 2.92 bits per heavy atom. The molecular weight excluding hydrogens is 304 g/mol. The van der Waals surface area contributed by atoms with Crippen molar-refractivity contribution in [2.45, 2.75) is 46.0 Å². The van der Waals surface area contributed by atoms with E-state index in [4.69, 9.17) is 9.15 Å². The third-order valence-corrected chi connectivity index (χ3v) is 7.01. The number of hydrogen-bond acceptors (Lipinski definition) is 4. The number of aryl methyl sites for hydroxylation is 1. The van der Waals surface area contributed by atoms with E-state index in [-0.39, 0.29) is 29.0 Å². The molecule has 4 heteroatoms. The zero-order valence-electron chi connectivity index (χ0n) is 14.3. The minimum Gasteiger partial charge on any atom is -0.472 e. The fourth-order valence-electron chi connectivity index (χ4n) is 5.50. The van der Waals surface area contributed by atoms with Gasteiger partial charge in [-0.15, -0.1) is 0 Å². The maximum atomic E-state index is 13.0. The molecule has 1 aliphatic heterocycles. The van der Waals surface area contributed by atoms with Crippen molar-refractivity contribution in [3.05, 3.63) is 35.8 Å². The Morgan fingerprint density at radius 2 is 2.17 bits per heavy atom. The Bertz CT molecular complexity index is 701. The molecule has 1 aromatic rings. The molecule has 4 nitrogen and oxygen atoms in total. The standard InChI is InChI=1S/C20H24O4/c1-13-3-6-19-12-24-18(22)20(13,7-4-15-5-8-23-11-15)17(19)10-16(21)9-14(19)2/h5,8-9,11,13,17H,3-4,6-7,10,12H2,1-2H3. The van der Waals surface area contributed by atoms with E-state index in [1.807, 2.05) is 13.0 Å². The predicted molar refractivity (Wildman–Crippen MR) is 88.1 cm³/mol. The van der Waals surface area contributed by atoms with Crippen molar-refractivity contribution in [1.82, 2.24) is 0 Å². The number of cyclic esters (lactones) is 1. The summed E-state index contributed by atoms with van der Waals surface area (Å²) in [5.74, 6) is 0.361. The topological polar surface area (TPSA) is 56.5 Å². The van der Waals surface area contributed by atoms with Crippen LogP contribution in [0.3, 0.4) is 0 Å². The number of rotatable bonds is 3. The molecule has 128 valence electrons. The first-order chi connectivity index (χ1) is 11.5. The van der Waals surface area contributed by atoms with Gasteiger partial charge in [0.05, 0.1) is 17.9 Å². The highest BCUT2D eigenvalue weighted by molar-refractivity contribution is 5.93. The summed E-state index contributed by atoms with van der Waals surface area (Å²) in [6, 6.07) is 1.95. The zero-order valence-corrected chi connectivity index (χ0v) is 14.3. The summed E-state index contributed by atoms with van der Waals surface area (Å²) >= 11 is 0. The molecule has 0 spiro atoms. The number of hydrogen-bond donors (Lipinski definition) is 0. The number of furan rings is 1. The number of allylic oxidation sites excluding steroid dienone is 1. The molecule has 2 aliphatic carbocycles. The van der Waals surface area contributed by atoms with E-state index in [0.29, 0.717) is 13.0 Å². The third-order valence-electron chi connectivity index (χ3n) is 7.01. The van der Waals surface area contributed by atoms with Gasteiger partial charge in [-0.2, -0.15) is 0 Å². The zero-order chi connectivity index (χ0) is 16.9. The molecule has 1 saturated carbocycles. The summed E-state index contributed by atoms with van der Waals surface area (Å²) in [7, 11) is 0. The van der Waals surface area contributed by atoms with E-state index in [9.17, 15) is 9.59 Å². The van der Waals surface area contributed by atoms with Crippen LogP contribution >= 0.6 is 0 Å². The Morgan fingerprint density at radius 1 is 1.33 bits per heavy atom. The van der Waals surface area contributed by atoms with E-state index in [2.05, 4.69) is 6.92 Å². The summed E-state index contributed by atoms with van der Waals surface area (Å²) in [6.45, 7) is 4.64. The first-order valence-corrected chi connectivity index (χ1v) is 8.89. The lowest BCUT2D eigenvalue weighted by molar-refractivity contribution is -0.204. The van der Waals surface area contributed by atoms with Crippen LogP contribution in [0, 0.1) is 22.7 Å². The van der Waals surface area contributed by atoms with Crippen molar-refractivity contribution in [2.75, 3.05) is 6.61 Å². The average Bonchev–Trinajstić information content (AvgIpc) is 3.06. The number of carbonyl (C=O) groups is 2. The molecule has 4 rings (SSSR count). The largest absolute Gasteiger partial charge is 0.472 e. The lowest BCUT2D eigenvalue weighted by Gasteiger charge is -2.61. The number of carbonyl (C=O) groups excluding carboxylic acids is 2. The normalized spacial score (nSPS) is 38.3. The third kappa shape index (κ3) is 1.98. The quantitative estimate of drug-likeness (QED) is 0.794. The SMILES string of the molecule is CC1=CC(=O)CC2C13CCC(C)C2(CCc1ccoc1)C(=O)OC3. The highest BCUT2D eigenvalue weighted by Crippen LogP contribution is 2.64. The van der Waals surface area contributed by atoms with Gasteiger partial charge in [0, 0.05) is 11.8 Å². The van der Waals surface area contributed by atoms with Gasteiger partial charge < -0.3 is 9.15 Å². The second-order valence-corrected chi connectivity index (χ2v) is 7.89. The van der Waals surface area contributed by atoms with Gasteiger partial charge >= 0.3 is 5.97 Å². The van der Waals surface area contributed by atoms with E-state index < -0.39 is 5.41 Å². The van der Waals surface area contributed by atoms with E-state index >= 15 is 0 Å². The molecule has 2 bridgehead atoms. The molecule has 4 atom stereocenters. The molecule has 0 aromatic carbocycles. The molecule has 0 amide bonds. The molecule has 4 unspecified atom stereocenters. The summed E-state index contributed by atoms with van der Waals surface area (Å²) in [6.07, 6.45) is 9.18. The van der Waals surface area contributed by atoms with Crippen molar-refractivity contribution in [2.24, 2.45) is 22.7 Å². The number of ether oxygens (including phenoxy) is 1. The van der Waals surface area contributed by atoms with Crippen LogP contribution < -0.4 is 0 Å². The van der Waals surface area contributed by atoms with Crippen LogP contribution in [0.25, 0.3) is 0 Å². The van der Waals surface area contributed by atoms with Crippen LogP contribution in [-0.4, -0.2) is 18.4 Å². The fraction of sp³-hybridized carbons (Fsp3) is 0.600. The second kappa shape index (κ2) is 5.33. The Hall–Kier alpha value is -1.84. The van der Waals surface area contributed by atoms with Crippen molar-refractivity contribution in [3.63, 3.8) is 0 Å².